The number of carbonyl (C=O) groups is 1. The molecular weight excluding hydrogens is 386 g/mol. The fourth-order valence-corrected chi connectivity index (χ4v) is 4.33. The van der Waals surface area contributed by atoms with E-state index in [0.29, 0.717) is 17.4 Å². The predicted octanol–water partition coefficient (Wildman–Crippen LogP) is 4.53. The lowest BCUT2D eigenvalue weighted by atomic mass is 10.1. The SMILES string of the molecule is CC(=O)Oc1nnc(NC2CCCOC2)c2cc(-c3cccc(Cl)c3)sc12. The Kier molecular flexibility index (Phi) is 5.24. The number of rotatable bonds is 4. The molecule has 1 saturated heterocycles. The standard InChI is InChI=1S/C19H18ClN3O3S/c1-11(24)26-19-17-15(9-16(27-17)12-4-2-5-13(20)8-12)18(22-23-19)21-14-6-3-7-25-10-14/h2,4-5,8-9,14H,3,6-7,10H2,1H3,(H,21,22). The molecule has 1 aliphatic rings. The molecular formula is C19H18ClN3O3S. The van der Waals surface area contributed by atoms with Crippen LogP contribution in [0.2, 0.25) is 5.02 Å². The fraction of sp³-hybridized carbons (Fsp3) is 0.316. The second-order valence-electron chi connectivity index (χ2n) is 6.37. The summed E-state index contributed by atoms with van der Waals surface area (Å²) in [5.74, 6) is 0.465. The van der Waals surface area contributed by atoms with Crippen LogP contribution in [-0.4, -0.2) is 35.4 Å². The van der Waals surface area contributed by atoms with E-state index < -0.39 is 5.97 Å². The minimum atomic E-state index is -0.426. The number of thiophene rings is 1. The molecule has 1 aromatic carbocycles. The molecule has 1 N–H and O–H groups in total. The number of halogens is 1. The maximum atomic E-state index is 11.4. The van der Waals surface area contributed by atoms with Crippen molar-refractivity contribution in [2.45, 2.75) is 25.8 Å². The molecule has 1 aliphatic heterocycles. The van der Waals surface area contributed by atoms with Gasteiger partial charge in [0.05, 0.1) is 12.6 Å². The first-order valence-corrected chi connectivity index (χ1v) is 9.88. The van der Waals surface area contributed by atoms with E-state index in [1.807, 2.05) is 30.3 Å². The van der Waals surface area contributed by atoms with Gasteiger partial charge in [0.25, 0.3) is 5.88 Å². The summed E-state index contributed by atoms with van der Waals surface area (Å²) in [4.78, 5) is 12.4. The number of nitrogens with one attached hydrogen (secondary N) is 1. The number of fused-ring (bicyclic) bond motifs is 1. The van der Waals surface area contributed by atoms with E-state index in [-0.39, 0.29) is 11.9 Å². The summed E-state index contributed by atoms with van der Waals surface area (Å²) in [6, 6.07) is 9.85. The third-order valence-electron chi connectivity index (χ3n) is 4.27. The minimum Gasteiger partial charge on any atom is -0.404 e. The maximum absolute atomic E-state index is 11.4. The molecule has 0 saturated carbocycles. The highest BCUT2D eigenvalue weighted by Crippen LogP contribution is 2.40. The smallest absolute Gasteiger partial charge is 0.309 e. The van der Waals surface area contributed by atoms with E-state index in [4.69, 9.17) is 21.1 Å². The number of esters is 1. The third kappa shape index (κ3) is 4.05. The molecule has 0 spiro atoms. The number of carbonyl (C=O) groups excluding carboxylic acids is 1. The average molecular weight is 404 g/mol. The largest absolute Gasteiger partial charge is 0.404 e. The van der Waals surface area contributed by atoms with Gasteiger partial charge in [0.15, 0.2) is 5.82 Å². The molecule has 0 bridgehead atoms. The van der Waals surface area contributed by atoms with E-state index >= 15 is 0 Å². The summed E-state index contributed by atoms with van der Waals surface area (Å²) in [6.45, 7) is 2.78. The number of aromatic nitrogens is 2. The van der Waals surface area contributed by atoms with Crippen molar-refractivity contribution in [3.8, 4) is 16.3 Å². The maximum Gasteiger partial charge on any atom is 0.309 e. The molecule has 27 heavy (non-hydrogen) atoms. The van der Waals surface area contributed by atoms with Crippen LogP contribution in [0.1, 0.15) is 19.8 Å². The van der Waals surface area contributed by atoms with Crippen LogP contribution in [0.5, 0.6) is 5.88 Å². The van der Waals surface area contributed by atoms with Gasteiger partial charge in [-0.15, -0.1) is 21.5 Å². The van der Waals surface area contributed by atoms with Crippen LogP contribution in [-0.2, 0) is 9.53 Å². The number of hydrogen-bond acceptors (Lipinski definition) is 7. The van der Waals surface area contributed by atoms with Gasteiger partial charge >= 0.3 is 5.97 Å². The monoisotopic (exact) mass is 403 g/mol. The van der Waals surface area contributed by atoms with Crippen molar-refractivity contribution in [1.82, 2.24) is 10.2 Å². The predicted molar refractivity (Wildman–Crippen MR) is 107 cm³/mol. The summed E-state index contributed by atoms with van der Waals surface area (Å²) in [7, 11) is 0. The first kappa shape index (κ1) is 18.2. The van der Waals surface area contributed by atoms with Gasteiger partial charge in [-0.2, -0.15) is 0 Å². The molecule has 1 fully saturated rings. The Bertz CT molecular complexity index is 985. The molecule has 8 heteroatoms. The van der Waals surface area contributed by atoms with Crippen molar-refractivity contribution in [2.24, 2.45) is 0 Å². The summed E-state index contributed by atoms with van der Waals surface area (Å²) in [5.41, 5.74) is 0.990. The Morgan fingerprint density at radius 2 is 2.26 bits per heavy atom. The van der Waals surface area contributed by atoms with Gasteiger partial charge in [-0.1, -0.05) is 23.7 Å². The van der Waals surface area contributed by atoms with Gasteiger partial charge < -0.3 is 14.8 Å². The highest BCUT2D eigenvalue weighted by atomic mass is 35.5. The van der Waals surface area contributed by atoms with Crippen molar-refractivity contribution in [3.63, 3.8) is 0 Å². The van der Waals surface area contributed by atoms with Crippen molar-refractivity contribution < 1.29 is 14.3 Å². The van der Waals surface area contributed by atoms with Crippen molar-refractivity contribution in [1.29, 1.82) is 0 Å². The van der Waals surface area contributed by atoms with E-state index in [9.17, 15) is 4.79 Å². The van der Waals surface area contributed by atoms with E-state index in [0.717, 1.165) is 40.0 Å². The van der Waals surface area contributed by atoms with E-state index in [1.165, 1.54) is 18.3 Å². The zero-order valence-corrected chi connectivity index (χ0v) is 16.3. The zero-order valence-electron chi connectivity index (χ0n) is 14.7. The molecule has 1 unspecified atom stereocenters. The van der Waals surface area contributed by atoms with Crippen LogP contribution < -0.4 is 10.1 Å². The van der Waals surface area contributed by atoms with Gasteiger partial charge in [0, 0.05) is 28.8 Å². The van der Waals surface area contributed by atoms with Crippen molar-refractivity contribution in [2.75, 3.05) is 18.5 Å². The average Bonchev–Trinajstić information content (AvgIpc) is 3.10. The first-order valence-electron chi connectivity index (χ1n) is 8.69. The van der Waals surface area contributed by atoms with Crippen LogP contribution in [0.15, 0.2) is 30.3 Å². The second kappa shape index (κ2) is 7.80. The summed E-state index contributed by atoms with van der Waals surface area (Å²) >= 11 is 7.63. The first-order chi connectivity index (χ1) is 13.1. The van der Waals surface area contributed by atoms with Gasteiger partial charge in [-0.25, -0.2) is 0 Å². The molecule has 140 valence electrons. The summed E-state index contributed by atoms with van der Waals surface area (Å²) in [5, 5.41) is 13.3. The van der Waals surface area contributed by atoms with Gasteiger partial charge in [0.1, 0.15) is 4.70 Å². The molecule has 0 radical (unpaired) electrons. The summed E-state index contributed by atoms with van der Waals surface area (Å²) < 4.78 is 11.6. The van der Waals surface area contributed by atoms with Crippen LogP contribution in [0.25, 0.3) is 20.5 Å². The van der Waals surface area contributed by atoms with Gasteiger partial charge in [-0.05, 0) is 36.6 Å². The van der Waals surface area contributed by atoms with Gasteiger partial charge in [0.2, 0.25) is 0 Å². The lowest BCUT2D eigenvalue weighted by Crippen LogP contribution is -2.30. The zero-order chi connectivity index (χ0) is 18.8. The molecule has 3 heterocycles. The number of nitrogens with zero attached hydrogens (tertiary/aromatic N) is 2. The Hall–Kier alpha value is -2.22. The van der Waals surface area contributed by atoms with Crippen LogP contribution in [0.3, 0.4) is 0 Å². The van der Waals surface area contributed by atoms with Crippen molar-refractivity contribution in [3.05, 3.63) is 35.4 Å². The summed E-state index contributed by atoms with van der Waals surface area (Å²) in [6.07, 6.45) is 2.03. The number of anilines is 1. The van der Waals surface area contributed by atoms with Gasteiger partial charge in [-0.3, -0.25) is 4.79 Å². The van der Waals surface area contributed by atoms with Crippen LogP contribution >= 0.6 is 22.9 Å². The normalized spacial score (nSPS) is 17.0. The minimum absolute atomic E-state index is 0.186. The van der Waals surface area contributed by atoms with Crippen molar-refractivity contribution >= 4 is 44.8 Å². The number of hydrogen-bond donors (Lipinski definition) is 1. The van der Waals surface area contributed by atoms with Crippen LogP contribution in [0.4, 0.5) is 5.82 Å². The molecule has 1 atom stereocenters. The van der Waals surface area contributed by atoms with E-state index in [2.05, 4.69) is 15.5 Å². The highest BCUT2D eigenvalue weighted by Gasteiger charge is 2.20. The Balaban J connectivity index is 1.78. The Morgan fingerprint density at radius 1 is 1.37 bits per heavy atom. The molecule has 0 amide bonds. The Morgan fingerprint density at radius 3 is 3.00 bits per heavy atom. The lowest BCUT2D eigenvalue weighted by molar-refractivity contribution is -0.132. The Labute approximate surface area is 165 Å². The van der Waals surface area contributed by atoms with E-state index in [1.54, 1.807) is 0 Å². The molecule has 3 aromatic rings. The topological polar surface area (TPSA) is 73.3 Å². The second-order valence-corrected chi connectivity index (χ2v) is 7.86. The molecule has 2 aromatic heterocycles. The third-order valence-corrected chi connectivity index (χ3v) is 5.68. The molecule has 0 aliphatic carbocycles. The quantitative estimate of drug-likeness (QED) is 0.645. The van der Waals surface area contributed by atoms with Crippen LogP contribution in [0, 0.1) is 0 Å². The molecule has 4 rings (SSSR count). The lowest BCUT2D eigenvalue weighted by Gasteiger charge is -2.23. The number of benzene rings is 1. The number of ether oxygens (including phenoxy) is 2. The molecule has 6 nitrogen and oxygen atoms in total. The fourth-order valence-electron chi connectivity index (χ4n) is 3.06. The highest BCUT2D eigenvalue weighted by molar-refractivity contribution is 7.22.